The van der Waals surface area contributed by atoms with Gasteiger partial charge in [0.2, 0.25) is 0 Å². The van der Waals surface area contributed by atoms with E-state index in [1.54, 1.807) is 17.7 Å². The average molecular weight is 432 g/mol. The number of pyridine rings is 1. The quantitative estimate of drug-likeness (QED) is 0.400. The lowest BCUT2D eigenvalue weighted by Gasteiger charge is -2.09. The molecule has 0 amide bonds. The van der Waals surface area contributed by atoms with Crippen molar-refractivity contribution in [1.29, 1.82) is 0 Å². The molecular weight excluding hydrogens is 417 g/mol. The summed E-state index contributed by atoms with van der Waals surface area (Å²) in [5.74, 6) is 1.10. The molecule has 11 heteroatoms. The molecule has 0 saturated heterocycles. The zero-order chi connectivity index (χ0) is 20.6. The number of alkyl halides is 3. The maximum Gasteiger partial charge on any atom is 0.433 e. The summed E-state index contributed by atoms with van der Waals surface area (Å²) in [7, 11) is 2.87. The lowest BCUT2D eigenvalue weighted by atomic mass is 10.2. The van der Waals surface area contributed by atoms with Crippen LogP contribution in [-0.2, 0) is 18.1 Å². The maximum atomic E-state index is 13.0. The van der Waals surface area contributed by atoms with Crippen LogP contribution in [0.15, 0.2) is 29.3 Å². The number of hydrogen-bond donors (Lipinski definition) is 0. The van der Waals surface area contributed by atoms with Crippen molar-refractivity contribution in [3.05, 3.63) is 40.0 Å². The molecule has 0 atom stereocenters. The van der Waals surface area contributed by atoms with Crippen molar-refractivity contribution in [3.8, 4) is 11.4 Å². The molecule has 3 rings (SSSR count). The molecule has 0 saturated carbocycles. The van der Waals surface area contributed by atoms with E-state index in [-0.39, 0.29) is 21.2 Å². The second-order valence-electron chi connectivity index (χ2n) is 5.72. The maximum absolute atomic E-state index is 13.0. The number of nitrogens with zero attached hydrogens (tertiary/aromatic N) is 4. The van der Waals surface area contributed by atoms with Gasteiger partial charge >= 0.3 is 11.9 Å². The molecule has 28 heavy (non-hydrogen) atoms. The minimum atomic E-state index is -4.57. The van der Waals surface area contributed by atoms with E-state index < -0.39 is 11.9 Å². The van der Waals surface area contributed by atoms with E-state index in [4.69, 9.17) is 11.6 Å². The molecule has 0 N–H and O–H groups in total. The zero-order valence-corrected chi connectivity index (χ0v) is 16.6. The van der Waals surface area contributed by atoms with Crippen LogP contribution in [0.3, 0.4) is 0 Å². The summed E-state index contributed by atoms with van der Waals surface area (Å²) in [6.07, 6.45) is -3.43. The van der Waals surface area contributed by atoms with Gasteiger partial charge in [0.05, 0.1) is 22.1 Å². The number of hydrogen-bond acceptors (Lipinski definition) is 5. The molecule has 0 bridgehead atoms. The molecule has 0 unspecified atom stereocenters. The number of imidazole rings is 1. The molecule has 1 aromatic carbocycles. The van der Waals surface area contributed by atoms with Crippen LogP contribution in [-0.4, -0.2) is 32.3 Å². The Bertz CT molecular complexity index is 1070. The van der Waals surface area contributed by atoms with Gasteiger partial charge in [-0.3, -0.25) is 0 Å². The van der Waals surface area contributed by atoms with Gasteiger partial charge in [0, 0.05) is 23.6 Å². The lowest BCUT2D eigenvalue weighted by molar-refractivity contribution is -0.736. The van der Waals surface area contributed by atoms with E-state index >= 15 is 0 Å². The monoisotopic (exact) mass is 431 g/mol. The first kappa shape index (κ1) is 20.4. The van der Waals surface area contributed by atoms with Gasteiger partial charge in [0.15, 0.2) is 7.11 Å². The molecule has 2 aromatic heterocycles. The molecule has 2 heterocycles. The predicted molar refractivity (Wildman–Crippen MR) is 101 cm³/mol. The number of thioether (sulfide) groups is 1. The Hall–Kier alpha value is -2.33. The first-order valence-corrected chi connectivity index (χ1v) is 9.41. The normalized spacial score (nSPS) is 11.8. The van der Waals surface area contributed by atoms with E-state index in [9.17, 15) is 18.1 Å². The van der Waals surface area contributed by atoms with Crippen LogP contribution in [0.4, 0.5) is 18.9 Å². The molecule has 148 valence electrons. The number of fused-ring (bicyclic) bond motifs is 1. The third kappa shape index (κ3) is 3.66. The van der Waals surface area contributed by atoms with Gasteiger partial charge in [0.25, 0.3) is 4.92 Å². The average Bonchev–Trinajstić information content (AvgIpc) is 2.97. The molecule has 0 aliphatic carbocycles. The van der Waals surface area contributed by atoms with Gasteiger partial charge in [-0.25, -0.2) is 14.8 Å². The standard InChI is InChI=1S/C17H15ClF3N4O2S/c1-4-28-14-6-10(18)12(25(26)27-3)5-9(14)16-23-11-7-15(17(19,20)21)22-8-13(11)24(16)2/h5-8H,4H2,1-3H3/q+1. The zero-order valence-electron chi connectivity index (χ0n) is 15.0. The number of aromatic nitrogens is 3. The van der Waals surface area contributed by atoms with Gasteiger partial charge in [-0.05, 0) is 17.9 Å². The molecule has 0 fully saturated rings. The highest BCUT2D eigenvalue weighted by Gasteiger charge is 2.33. The molecule has 0 spiro atoms. The summed E-state index contributed by atoms with van der Waals surface area (Å²) < 4.78 is 40.5. The van der Waals surface area contributed by atoms with E-state index in [0.29, 0.717) is 16.9 Å². The van der Waals surface area contributed by atoms with Gasteiger partial charge < -0.3 is 4.57 Å². The summed E-state index contributed by atoms with van der Waals surface area (Å²) in [5.41, 5.74) is 0.180. The van der Waals surface area contributed by atoms with Crippen LogP contribution in [0.2, 0.25) is 5.02 Å². The van der Waals surface area contributed by atoms with E-state index in [2.05, 4.69) is 14.8 Å². The van der Waals surface area contributed by atoms with Crippen molar-refractivity contribution < 1.29 is 22.9 Å². The van der Waals surface area contributed by atoms with Crippen LogP contribution in [0.25, 0.3) is 22.4 Å². The highest BCUT2D eigenvalue weighted by atomic mass is 35.5. The number of halogens is 4. The second-order valence-corrected chi connectivity index (χ2v) is 7.44. The molecule has 0 radical (unpaired) electrons. The van der Waals surface area contributed by atoms with E-state index in [1.165, 1.54) is 24.9 Å². The molecule has 0 aliphatic heterocycles. The SMILES string of the molecule is CCSc1cc(Cl)c([N+](=O)OC)cc1-c1nc2cc(C(F)(F)F)ncc2n1C. The van der Waals surface area contributed by atoms with Crippen molar-refractivity contribution in [2.24, 2.45) is 7.05 Å². The Morgan fingerprint density at radius 2 is 2.04 bits per heavy atom. The van der Waals surface area contributed by atoms with E-state index in [0.717, 1.165) is 22.9 Å². The third-order valence-electron chi connectivity index (χ3n) is 4.01. The van der Waals surface area contributed by atoms with Gasteiger partial charge in [-0.1, -0.05) is 18.5 Å². The van der Waals surface area contributed by atoms with E-state index in [1.807, 2.05) is 6.92 Å². The van der Waals surface area contributed by atoms with Crippen LogP contribution in [0.1, 0.15) is 12.6 Å². The van der Waals surface area contributed by atoms with Crippen LogP contribution in [0, 0.1) is 4.91 Å². The number of rotatable bonds is 5. The summed E-state index contributed by atoms with van der Waals surface area (Å²) in [6, 6.07) is 4.02. The summed E-state index contributed by atoms with van der Waals surface area (Å²) >= 11 is 7.66. The Balaban J connectivity index is 2.25. The summed E-state index contributed by atoms with van der Waals surface area (Å²) in [4.78, 5) is 25.5. The fraction of sp³-hybridized carbons (Fsp3) is 0.294. The number of aryl methyl sites for hydroxylation is 1. The molecule has 3 aromatic rings. The minimum Gasteiger partial charge on any atom is -0.326 e. The summed E-state index contributed by atoms with van der Waals surface area (Å²) in [6.45, 7) is 1.94. The summed E-state index contributed by atoms with van der Waals surface area (Å²) in [5, 5.41) is 0.191. The van der Waals surface area contributed by atoms with Crippen molar-refractivity contribution in [2.45, 2.75) is 18.0 Å². The Labute approximate surface area is 167 Å². The van der Waals surface area contributed by atoms with Crippen LogP contribution >= 0.6 is 23.4 Å². The van der Waals surface area contributed by atoms with Gasteiger partial charge in [0.1, 0.15) is 16.5 Å². The number of benzene rings is 1. The Morgan fingerprint density at radius 1 is 1.32 bits per heavy atom. The van der Waals surface area contributed by atoms with Crippen molar-refractivity contribution in [3.63, 3.8) is 0 Å². The third-order valence-corrected chi connectivity index (χ3v) is 5.25. The first-order valence-electron chi connectivity index (χ1n) is 8.05. The fourth-order valence-corrected chi connectivity index (χ4v) is 3.83. The largest absolute Gasteiger partial charge is 0.433 e. The van der Waals surface area contributed by atoms with Crippen molar-refractivity contribution in [2.75, 3.05) is 12.9 Å². The highest BCUT2D eigenvalue weighted by molar-refractivity contribution is 7.99. The fourth-order valence-electron chi connectivity index (χ4n) is 2.72. The first-order chi connectivity index (χ1) is 13.2. The van der Waals surface area contributed by atoms with Crippen molar-refractivity contribution >= 4 is 40.1 Å². The molecule has 0 aliphatic rings. The van der Waals surface area contributed by atoms with Crippen molar-refractivity contribution in [1.82, 2.24) is 14.5 Å². The smallest absolute Gasteiger partial charge is 0.326 e. The Morgan fingerprint density at radius 3 is 2.64 bits per heavy atom. The second kappa shape index (κ2) is 7.59. The predicted octanol–water partition coefficient (Wildman–Crippen LogP) is 5.39. The highest BCUT2D eigenvalue weighted by Crippen LogP contribution is 2.39. The molecular formula is C17H15ClF3N4O2S+. The van der Waals surface area contributed by atoms with Crippen LogP contribution in [0.5, 0.6) is 0 Å². The lowest BCUT2D eigenvalue weighted by Crippen LogP contribution is -2.07. The topological polar surface area (TPSA) is 60.0 Å². The van der Waals surface area contributed by atoms with Crippen LogP contribution < -0.4 is 0 Å². The molecule has 6 nitrogen and oxygen atoms in total. The van der Waals surface area contributed by atoms with Gasteiger partial charge in [-0.15, -0.1) is 11.8 Å². The van der Waals surface area contributed by atoms with Gasteiger partial charge in [-0.2, -0.15) is 13.2 Å². The Kier molecular flexibility index (Phi) is 5.53. The minimum absolute atomic E-state index is 0.0702.